The SMILES string of the molecule is COc1ccc(CC(=O)NCc2nnc(SCC(=O)Nc3ccc(OC)cc3)n2-c2cccc(C)c2C)cc1. The lowest BCUT2D eigenvalue weighted by atomic mass is 10.1. The Morgan fingerprint density at radius 2 is 1.54 bits per heavy atom. The van der Waals surface area contributed by atoms with Gasteiger partial charge in [-0.05, 0) is 73.0 Å². The average Bonchev–Trinajstić information content (AvgIpc) is 3.35. The van der Waals surface area contributed by atoms with Crippen molar-refractivity contribution in [1.29, 1.82) is 0 Å². The molecule has 4 rings (SSSR count). The molecular formula is C29H31N5O4S. The third kappa shape index (κ3) is 7.17. The molecule has 0 fully saturated rings. The van der Waals surface area contributed by atoms with Gasteiger partial charge in [0.25, 0.3) is 0 Å². The van der Waals surface area contributed by atoms with E-state index in [1.807, 2.05) is 60.9 Å². The van der Waals surface area contributed by atoms with Crippen molar-refractivity contribution in [1.82, 2.24) is 20.1 Å². The van der Waals surface area contributed by atoms with Crippen molar-refractivity contribution in [3.8, 4) is 17.2 Å². The molecule has 202 valence electrons. The lowest BCUT2D eigenvalue weighted by molar-refractivity contribution is -0.120. The van der Waals surface area contributed by atoms with E-state index in [9.17, 15) is 9.59 Å². The van der Waals surface area contributed by atoms with Gasteiger partial charge in [-0.1, -0.05) is 36.0 Å². The molecule has 2 N–H and O–H groups in total. The van der Waals surface area contributed by atoms with Crippen LogP contribution < -0.4 is 20.1 Å². The molecule has 1 heterocycles. The summed E-state index contributed by atoms with van der Waals surface area (Å²) in [6, 6.07) is 20.5. The summed E-state index contributed by atoms with van der Waals surface area (Å²) in [6.45, 7) is 4.25. The molecule has 0 unspecified atom stereocenters. The number of hydrogen-bond donors (Lipinski definition) is 2. The van der Waals surface area contributed by atoms with Gasteiger partial charge in [0.15, 0.2) is 11.0 Å². The molecule has 0 radical (unpaired) electrons. The van der Waals surface area contributed by atoms with Crippen LogP contribution in [0.3, 0.4) is 0 Å². The number of benzene rings is 3. The topological polar surface area (TPSA) is 107 Å². The van der Waals surface area contributed by atoms with Gasteiger partial charge in [-0.15, -0.1) is 10.2 Å². The second-order valence-electron chi connectivity index (χ2n) is 8.82. The van der Waals surface area contributed by atoms with Crippen LogP contribution in [0.15, 0.2) is 71.9 Å². The van der Waals surface area contributed by atoms with Gasteiger partial charge in [0.05, 0.1) is 38.6 Å². The fourth-order valence-corrected chi connectivity index (χ4v) is 4.66. The maximum absolute atomic E-state index is 12.7. The number of thioether (sulfide) groups is 1. The summed E-state index contributed by atoms with van der Waals surface area (Å²) >= 11 is 1.28. The zero-order valence-electron chi connectivity index (χ0n) is 22.4. The number of anilines is 1. The highest BCUT2D eigenvalue weighted by Gasteiger charge is 2.19. The first-order valence-electron chi connectivity index (χ1n) is 12.3. The largest absolute Gasteiger partial charge is 0.497 e. The maximum Gasteiger partial charge on any atom is 0.234 e. The van der Waals surface area contributed by atoms with Gasteiger partial charge in [-0.25, -0.2) is 0 Å². The Morgan fingerprint density at radius 1 is 0.872 bits per heavy atom. The first-order valence-corrected chi connectivity index (χ1v) is 13.3. The molecule has 3 aromatic carbocycles. The van der Waals surface area contributed by atoms with E-state index in [-0.39, 0.29) is 30.5 Å². The smallest absolute Gasteiger partial charge is 0.234 e. The molecule has 0 aliphatic heterocycles. The third-order valence-corrected chi connectivity index (χ3v) is 7.12. The summed E-state index contributed by atoms with van der Waals surface area (Å²) in [6.07, 6.45) is 0.231. The molecule has 0 aliphatic carbocycles. The first-order chi connectivity index (χ1) is 18.9. The van der Waals surface area contributed by atoms with E-state index in [4.69, 9.17) is 9.47 Å². The van der Waals surface area contributed by atoms with E-state index in [2.05, 4.69) is 20.8 Å². The molecule has 9 nitrogen and oxygen atoms in total. The van der Waals surface area contributed by atoms with Gasteiger partial charge in [0.2, 0.25) is 11.8 Å². The van der Waals surface area contributed by atoms with Crippen LogP contribution in [-0.2, 0) is 22.6 Å². The minimum absolute atomic E-state index is 0.135. The average molecular weight is 546 g/mol. The van der Waals surface area contributed by atoms with E-state index in [0.717, 1.165) is 28.1 Å². The highest BCUT2D eigenvalue weighted by molar-refractivity contribution is 7.99. The van der Waals surface area contributed by atoms with E-state index in [1.54, 1.807) is 38.5 Å². The summed E-state index contributed by atoms with van der Waals surface area (Å²) in [7, 11) is 3.20. The van der Waals surface area contributed by atoms with Crippen LogP contribution in [0.2, 0.25) is 0 Å². The standard InChI is InChI=1S/C29H31N5O4S/c1-19-6-5-7-25(20(19)2)34-26(17-30-27(35)16-21-8-12-23(37-3)13-9-21)32-33-29(34)39-18-28(36)31-22-10-14-24(38-4)15-11-22/h5-15H,16-18H2,1-4H3,(H,30,35)(H,31,36). The number of aromatic nitrogens is 3. The molecule has 39 heavy (non-hydrogen) atoms. The van der Waals surface area contributed by atoms with Crippen LogP contribution in [0.5, 0.6) is 11.5 Å². The molecule has 10 heteroatoms. The fraction of sp³-hybridized carbons (Fsp3) is 0.241. The van der Waals surface area contributed by atoms with Crippen molar-refractivity contribution in [3.63, 3.8) is 0 Å². The number of aryl methyl sites for hydroxylation is 1. The number of ether oxygens (including phenoxy) is 2. The van der Waals surface area contributed by atoms with Gasteiger partial charge >= 0.3 is 0 Å². The Hall–Kier alpha value is -4.31. The quantitative estimate of drug-likeness (QED) is 0.267. The van der Waals surface area contributed by atoms with Crippen molar-refractivity contribution in [3.05, 3.63) is 89.2 Å². The van der Waals surface area contributed by atoms with Crippen LogP contribution in [0.1, 0.15) is 22.5 Å². The molecule has 0 atom stereocenters. The van der Waals surface area contributed by atoms with Crippen molar-refractivity contribution in [2.45, 2.75) is 32.0 Å². The number of carbonyl (C=O) groups excluding carboxylic acids is 2. The molecule has 2 amide bonds. The van der Waals surface area contributed by atoms with Gasteiger partial charge in [0.1, 0.15) is 11.5 Å². The highest BCUT2D eigenvalue weighted by atomic mass is 32.2. The molecule has 0 spiro atoms. The van der Waals surface area contributed by atoms with Crippen molar-refractivity contribution in [2.24, 2.45) is 0 Å². The summed E-state index contributed by atoms with van der Waals surface area (Å²) in [4.78, 5) is 25.3. The predicted octanol–water partition coefficient (Wildman–Crippen LogP) is 4.49. The number of amides is 2. The highest BCUT2D eigenvalue weighted by Crippen LogP contribution is 2.26. The molecular weight excluding hydrogens is 514 g/mol. The monoisotopic (exact) mass is 545 g/mol. The zero-order valence-corrected chi connectivity index (χ0v) is 23.2. The van der Waals surface area contributed by atoms with Crippen LogP contribution in [0.25, 0.3) is 5.69 Å². The Kier molecular flexibility index (Phi) is 9.22. The molecule has 4 aromatic rings. The molecule has 0 bridgehead atoms. The number of rotatable bonds is 11. The number of methoxy groups -OCH3 is 2. The summed E-state index contributed by atoms with van der Waals surface area (Å²) in [5, 5.41) is 15.1. The summed E-state index contributed by atoms with van der Waals surface area (Å²) in [5.41, 5.74) is 4.63. The number of nitrogens with zero attached hydrogens (tertiary/aromatic N) is 3. The van der Waals surface area contributed by atoms with Crippen LogP contribution in [0.4, 0.5) is 5.69 Å². The van der Waals surface area contributed by atoms with Gasteiger partial charge in [0, 0.05) is 5.69 Å². The Labute approximate surface area is 231 Å². The fourth-order valence-electron chi connectivity index (χ4n) is 3.90. The third-order valence-electron chi connectivity index (χ3n) is 6.19. The van der Waals surface area contributed by atoms with Crippen LogP contribution in [-0.4, -0.2) is 46.6 Å². The molecule has 0 saturated carbocycles. The first kappa shape index (κ1) is 27.7. The number of carbonyl (C=O) groups is 2. The predicted molar refractivity (Wildman–Crippen MR) is 152 cm³/mol. The van der Waals surface area contributed by atoms with Crippen LogP contribution in [0, 0.1) is 13.8 Å². The van der Waals surface area contributed by atoms with Crippen molar-refractivity contribution < 1.29 is 19.1 Å². The molecule has 0 saturated heterocycles. The van der Waals surface area contributed by atoms with E-state index in [0.29, 0.717) is 22.4 Å². The van der Waals surface area contributed by atoms with Gasteiger partial charge < -0.3 is 20.1 Å². The normalized spacial score (nSPS) is 10.7. The van der Waals surface area contributed by atoms with Crippen molar-refractivity contribution >= 4 is 29.3 Å². The van der Waals surface area contributed by atoms with E-state index >= 15 is 0 Å². The van der Waals surface area contributed by atoms with Gasteiger partial charge in [-0.2, -0.15) is 0 Å². The zero-order chi connectivity index (χ0) is 27.8. The van der Waals surface area contributed by atoms with Crippen LogP contribution >= 0.6 is 11.8 Å². The lowest BCUT2D eigenvalue weighted by Crippen LogP contribution is -2.26. The molecule has 0 aliphatic rings. The number of nitrogens with one attached hydrogen (secondary N) is 2. The number of hydrogen-bond acceptors (Lipinski definition) is 7. The second-order valence-corrected chi connectivity index (χ2v) is 9.76. The molecule has 1 aromatic heterocycles. The van der Waals surface area contributed by atoms with E-state index in [1.165, 1.54) is 11.8 Å². The lowest BCUT2D eigenvalue weighted by Gasteiger charge is -2.15. The van der Waals surface area contributed by atoms with E-state index < -0.39 is 0 Å². The Morgan fingerprint density at radius 3 is 2.21 bits per heavy atom. The van der Waals surface area contributed by atoms with Crippen molar-refractivity contribution in [2.75, 3.05) is 25.3 Å². The second kappa shape index (κ2) is 13.0. The Bertz CT molecular complexity index is 1350. The summed E-state index contributed by atoms with van der Waals surface area (Å²) in [5.74, 6) is 1.86. The minimum atomic E-state index is -0.171. The summed E-state index contributed by atoms with van der Waals surface area (Å²) < 4.78 is 12.2. The minimum Gasteiger partial charge on any atom is -0.497 e. The maximum atomic E-state index is 12.7. The Balaban J connectivity index is 1.47. The van der Waals surface area contributed by atoms with Gasteiger partial charge in [-0.3, -0.25) is 14.2 Å².